The highest BCUT2D eigenvalue weighted by atomic mass is 16.5. The summed E-state index contributed by atoms with van der Waals surface area (Å²) in [6.45, 7) is 1.23. The summed E-state index contributed by atoms with van der Waals surface area (Å²) in [5.41, 5.74) is 8.78. The number of nitrogens with one attached hydrogen (secondary N) is 3. The molecule has 1 aromatic rings. The number of benzene rings is 1. The van der Waals surface area contributed by atoms with Gasteiger partial charge in [0.25, 0.3) is 0 Å². The van der Waals surface area contributed by atoms with Gasteiger partial charge in [0.2, 0.25) is 17.7 Å². The standard InChI is InChI=1S/C23H34N4O8/c1-14(28)25-18(22(31)32)12-15-7-6-8-16(11-15)13-19(23(33)35-2)26-21(30)17(24)9-4-3-5-10-20(29)27-34/h6-8,11,17-19,34H,3-5,9-10,12-13,24H2,1-2H3,(H,25,28)(H,26,30)(H,27,29)(H,31,32)/t17-,18-,19-/m0/s1. The van der Waals surface area contributed by atoms with Gasteiger partial charge < -0.3 is 26.2 Å². The van der Waals surface area contributed by atoms with Gasteiger partial charge in [-0.15, -0.1) is 0 Å². The van der Waals surface area contributed by atoms with Crippen LogP contribution in [0.15, 0.2) is 24.3 Å². The maximum Gasteiger partial charge on any atom is 0.328 e. The summed E-state index contributed by atoms with van der Waals surface area (Å²) in [5, 5.41) is 22.8. The van der Waals surface area contributed by atoms with Crippen LogP contribution in [0, 0.1) is 0 Å². The number of esters is 1. The Hall–Kier alpha value is -3.51. The molecular weight excluding hydrogens is 460 g/mol. The van der Waals surface area contributed by atoms with Gasteiger partial charge in [0.15, 0.2) is 0 Å². The highest BCUT2D eigenvalue weighted by Crippen LogP contribution is 2.12. The smallest absolute Gasteiger partial charge is 0.328 e. The molecule has 0 aliphatic rings. The molecule has 1 rings (SSSR count). The highest BCUT2D eigenvalue weighted by molar-refractivity contribution is 5.87. The minimum absolute atomic E-state index is 0.0445. The molecule has 3 atom stereocenters. The fraction of sp³-hybridized carbons (Fsp3) is 0.522. The number of hydrogen-bond donors (Lipinski definition) is 6. The van der Waals surface area contributed by atoms with Crippen molar-refractivity contribution in [1.29, 1.82) is 0 Å². The van der Waals surface area contributed by atoms with Crippen molar-refractivity contribution in [1.82, 2.24) is 16.1 Å². The predicted molar refractivity (Wildman–Crippen MR) is 124 cm³/mol. The van der Waals surface area contributed by atoms with Gasteiger partial charge in [-0.05, 0) is 24.0 Å². The van der Waals surface area contributed by atoms with Crippen LogP contribution >= 0.6 is 0 Å². The topological polar surface area (TPSA) is 197 Å². The number of nitrogens with two attached hydrogens (primary N) is 1. The lowest BCUT2D eigenvalue weighted by Crippen LogP contribution is -2.49. The Morgan fingerprint density at radius 1 is 1.00 bits per heavy atom. The third-order valence-electron chi connectivity index (χ3n) is 5.23. The Morgan fingerprint density at radius 3 is 2.17 bits per heavy atom. The number of hydrogen-bond acceptors (Lipinski definition) is 8. The Bertz CT molecular complexity index is 892. The maximum atomic E-state index is 12.5. The van der Waals surface area contributed by atoms with Crippen molar-refractivity contribution in [2.24, 2.45) is 5.73 Å². The molecule has 0 radical (unpaired) electrons. The maximum absolute atomic E-state index is 12.5. The van der Waals surface area contributed by atoms with Crippen LogP contribution in [0.1, 0.15) is 50.2 Å². The zero-order chi connectivity index (χ0) is 26.4. The SMILES string of the molecule is COC(=O)[C@H](Cc1cccc(C[C@H](NC(C)=O)C(=O)O)c1)NC(=O)[C@@H](N)CCCCCC(=O)NO. The van der Waals surface area contributed by atoms with Crippen LogP contribution in [0.5, 0.6) is 0 Å². The normalized spacial score (nSPS) is 13.1. The van der Waals surface area contributed by atoms with Crippen molar-refractivity contribution in [3.63, 3.8) is 0 Å². The quantitative estimate of drug-likeness (QED) is 0.0827. The van der Waals surface area contributed by atoms with E-state index >= 15 is 0 Å². The molecule has 0 aliphatic heterocycles. The van der Waals surface area contributed by atoms with Gasteiger partial charge in [-0.1, -0.05) is 37.1 Å². The fourth-order valence-corrected chi connectivity index (χ4v) is 3.43. The van der Waals surface area contributed by atoms with Crippen LogP contribution in [0.2, 0.25) is 0 Å². The average Bonchev–Trinajstić information content (AvgIpc) is 2.81. The van der Waals surface area contributed by atoms with Gasteiger partial charge in [-0.25, -0.2) is 15.1 Å². The summed E-state index contributed by atoms with van der Waals surface area (Å²) >= 11 is 0. The first kappa shape index (κ1) is 29.5. The molecule has 0 unspecified atom stereocenters. The van der Waals surface area contributed by atoms with Crippen LogP contribution in [0.25, 0.3) is 0 Å². The van der Waals surface area contributed by atoms with E-state index in [-0.39, 0.29) is 19.3 Å². The zero-order valence-corrected chi connectivity index (χ0v) is 19.9. The van der Waals surface area contributed by atoms with E-state index in [1.165, 1.54) is 14.0 Å². The number of amides is 3. The van der Waals surface area contributed by atoms with Crippen LogP contribution in [-0.2, 0) is 41.6 Å². The lowest BCUT2D eigenvalue weighted by molar-refractivity contribution is -0.145. The minimum atomic E-state index is -1.17. The number of hydroxylamine groups is 1. The number of methoxy groups -OCH3 is 1. The number of rotatable bonds is 15. The molecule has 0 aliphatic carbocycles. The van der Waals surface area contributed by atoms with Crippen LogP contribution in [-0.4, -0.2) is 65.2 Å². The molecule has 0 saturated carbocycles. The fourth-order valence-electron chi connectivity index (χ4n) is 3.43. The lowest BCUT2D eigenvalue weighted by Gasteiger charge is -2.20. The molecule has 194 valence electrons. The van der Waals surface area contributed by atoms with Gasteiger partial charge in [-0.3, -0.25) is 19.6 Å². The van der Waals surface area contributed by atoms with Gasteiger partial charge in [0.05, 0.1) is 13.2 Å². The Balaban J connectivity index is 2.74. The largest absolute Gasteiger partial charge is 0.480 e. The predicted octanol–water partition coefficient (Wildman–Crippen LogP) is -0.198. The summed E-state index contributed by atoms with van der Waals surface area (Å²) in [6.07, 6.45) is 2.40. The highest BCUT2D eigenvalue weighted by Gasteiger charge is 2.25. The molecule has 0 fully saturated rings. The molecule has 3 amide bonds. The monoisotopic (exact) mass is 494 g/mol. The van der Waals surface area contributed by atoms with E-state index in [0.717, 1.165) is 0 Å². The molecule has 1 aromatic carbocycles. The van der Waals surface area contributed by atoms with Gasteiger partial charge >= 0.3 is 11.9 Å². The van der Waals surface area contributed by atoms with Crippen molar-refractivity contribution < 1.29 is 39.0 Å². The number of carbonyl (C=O) groups excluding carboxylic acids is 4. The summed E-state index contributed by atoms with van der Waals surface area (Å²) < 4.78 is 4.80. The third-order valence-corrected chi connectivity index (χ3v) is 5.23. The van der Waals surface area contributed by atoms with Crippen molar-refractivity contribution in [3.8, 4) is 0 Å². The minimum Gasteiger partial charge on any atom is -0.480 e. The first-order valence-corrected chi connectivity index (χ1v) is 11.2. The second kappa shape index (κ2) is 15.4. The molecule has 12 heteroatoms. The van der Waals surface area contributed by atoms with Crippen molar-refractivity contribution >= 4 is 29.7 Å². The first-order valence-electron chi connectivity index (χ1n) is 11.2. The van der Waals surface area contributed by atoms with Crippen LogP contribution < -0.4 is 21.8 Å². The van der Waals surface area contributed by atoms with Crippen molar-refractivity contribution in [2.75, 3.05) is 7.11 Å². The number of carbonyl (C=O) groups is 5. The van der Waals surface area contributed by atoms with Crippen molar-refractivity contribution in [3.05, 3.63) is 35.4 Å². The van der Waals surface area contributed by atoms with E-state index in [9.17, 15) is 29.1 Å². The Labute approximate surface area is 203 Å². The Kier molecular flexibility index (Phi) is 13.0. The van der Waals surface area contributed by atoms with E-state index in [2.05, 4.69) is 10.6 Å². The molecule has 0 heterocycles. The van der Waals surface area contributed by atoms with E-state index in [0.29, 0.717) is 36.8 Å². The average molecular weight is 495 g/mol. The van der Waals surface area contributed by atoms with E-state index in [4.69, 9.17) is 15.7 Å². The van der Waals surface area contributed by atoms with Crippen LogP contribution in [0.4, 0.5) is 0 Å². The molecular formula is C23H34N4O8. The molecule has 35 heavy (non-hydrogen) atoms. The summed E-state index contributed by atoms with van der Waals surface area (Å²) in [4.78, 5) is 58.5. The first-order chi connectivity index (χ1) is 16.6. The van der Waals surface area contributed by atoms with Crippen LogP contribution in [0.3, 0.4) is 0 Å². The second-order valence-corrected chi connectivity index (χ2v) is 8.14. The molecule has 0 aromatic heterocycles. The number of ether oxygens (including phenoxy) is 1. The number of carboxylic acids is 1. The Morgan fingerprint density at radius 2 is 1.63 bits per heavy atom. The zero-order valence-electron chi connectivity index (χ0n) is 19.9. The van der Waals surface area contributed by atoms with E-state index in [1.807, 2.05) is 0 Å². The molecule has 7 N–H and O–H groups in total. The molecule has 0 bridgehead atoms. The third kappa shape index (κ3) is 11.5. The summed E-state index contributed by atoms with van der Waals surface area (Å²) in [6, 6.07) is 3.84. The lowest BCUT2D eigenvalue weighted by atomic mass is 9.99. The van der Waals surface area contributed by atoms with Gasteiger partial charge in [0, 0.05) is 26.2 Å². The number of aliphatic carboxylic acids is 1. The second-order valence-electron chi connectivity index (χ2n) is 8.14. The van der Waals surface area contributed by atoms with Gasteiger partial charge in [0.1, 0.15) is 12.1 Å². The van der Waals surface area contributed by atoms with E-state index in [1.54, 1.807) is 29.7 Å². The summed E-state index contributed by atoms with van der Waals surface area (Å²) in [5.74, 6) is -3.30. The molecule has 0 saturated heterocycles. The molecule has 12 nitrogen and oxygen atoms in total. The van der Waals surface area contributed by atoms with E-state index < -0.39 is 47.8 Å². The van der Waals surface area contributed by atoms with Crippen molar-refractivity contribution in [2.45, 2.75) is 70.0 Å². The summed E-state index contributed by atoms with van der Waals surface area (Å²) in [7, 11) is 1.20. The number of carboxylic acid groups (broad SMARTS) is 1. The van der Waals surface area contributed by atoms with Gasteiger partial charge in [-0.2, -0.15) is 0 Å². The molecule has 0 spiro atoms. The number of unbranched alkanes of at least 4 members (excludes halogenated alkanes) is 2.